The zero-order valence-corrected chi connectivity index (χ0v) is 12.0. The number of rotatable bonds is 11. The summed E-state index contributed by atoms with van der Waals surface area (Å²) in [5, 5.41) is 9.14. The van der Waals surface area contributed by atoms with Crippen molar-refractivity contribution < 1.29 is 0 Å². The zero-order chi connectivity index (χ0) is 14.1. The van der Waals surface area contributed by atoms with Crippen LogP contribution in [0.3, 0.4) is 0 Å². The highest BCUT2D eigenvalue weighted by molar-refractivity contribution is 5.73. The molecule has 0 saturated heterocycles. The predicted molar refractivity (Wildman–Crippen MR) is 81.0 cm³/mol. The van der Waals surface area contributed by atoms with E-state index in [4.69, 9.17) is 0 Å². The van der Waals surface area contributed by atoms with Gasteiger partial charge in [-0.05, 0) is 25.9 Å². The molecule has 0 aliphatic rings. The Kier molecular flexibility index (Phi) is 7.18. The molecule has 0 radical (unpaired) electrons. The SMILES string of the molecule is CCCCCCNCCCNc1c(NC)c(=O)c1=O. The van der Waals surface area contributed by atoms with Gasteiger partial charge in [0.05, 0.1) is 0 Å². The molecule has 0 unspecified atom stereocenters. The van der Waals surface area contributed by atoms with Crippen molar-refractivity contribution in [2.24, 2.45) is 0 Å². The maximum absolute atomic E-state index is 11.3. The van der Waals surface area contributed by atoms with Gasteiger partial charge in [0.1, 0.15) is 11.4 Å². The molecule has 0 aromatic heterocycles. The first kappa shape index (κ1) is 15.7. The van der Waals surface area contributed by atoms with Crippen LogP contribution in [0.2, 0.25) is 0 Å². The summed E-state index contributed by atoms with van der Waals surface area (Å²) < 4.78 is 0. The molecular weight excluding hydrogens is 242 g/mol. The molecule has 0 heterocycles. The maximum atomic E-state index is 11.3. The zero-order valence-electron chi connectivity index (χ0n) is 12.0. The molecule has 0 spiro atoms. The van der Waals surface area contributed by atoms with E-state index in [1.807, 2.05) is 0 Å². The molecule has 0 aliphatic heterocycles. The Morgan fingerprint density at radius 3 is 2.21 bits per heavy atom. The van der Waals surface area contributed by atoms with Crippen LogP contribution in [0.1, 0.15) is 39.0 Å². The fraction of sp³-hybridized carbons (Fsp3) is 0.714. The van der Waals surface area contributed by atoms with Gasteiger partial charge in [0.2, 0.25) is 0 Å². The molecule has 19 heavy (non-hydrogen) atoms. The van der Waals surface area contributed by atoms with Gasteiger partial charge >= 0.3 is 0 Å². The van der Waals surface area contributed by atoms with Crippen molar-refractivity contribution in [3.63, 3.8) is 0 Å². The number of hydrogen-bond donors (Lipinski definition) is 3. The minimum Gasteiger partial charge on any atom is -0.383 e. The predicted octanol–water partition coefficient (Wildman–Crippen LogP) is 1.30. The molecule has 5 nitrogen and oxygen atoms in total. The number of unbranched alkanes of at least 4 members (excludes halogenated alkanes) is 3. The number of anilines is 2. The van der Waals surface area contributed by atoms with Gasteiger partial charge in [-0.1, -0.05) is 26.2 Å². The quantitative estimate of drug-likeness (QED) is 0.416. The Balaban J connectivity index is 2.04. The largest absolute Gasteiger partial charge is 0.383 e. The first-order valence-electron chi connectivity index (χ1n) is 7.18. The van der Waals surface area contributed by atoms with Crippen molar-refractivity contribution in [1.29, 1.82) is 0 Å². The molecule has 1 aromatic carbocycles. The van der Waals surface area contributed by atoms with E-state index in [9.17, 15) is 9.59 Å². The lowest BCUT2D eigenvalue weighted by Crippen LogP contribution is -2.37. The second kappa shape index (κ2) is 8.69. The van der Waals surface area contributed by atoms with Crippen LogP contribution in [0.5, 0.6) is 0 Å². The standard InChI is InChI=1S/C14H25N3O2/c1-3-4-5-6-8-16-9-7-10-17-12-11(15-2)13(18)14(12)19/h15-17H,3-10H2,1-2H3. The minimum atomic E-state index is -0.418. The molecular formula is C14H25N3O2. The summed E-state index contributed by atoms with van der Waals surface area (Å²) in [6.07, 6.45) is 6.02. The average Bonchev–Trinajstić information content (AvgIpc) is 2.43. The summed E-state index contributed by atoms with van der Waals surface area (Å²) in [7, 11) is 1.65. The van der Waals surface area contributed by atoms with Gasteiger partial charge in [0, 0.05) is 13.6 Å². The Morgan fingerprint density at radius 2 is 1.53 bits per heavy atom. The van der Waals surface area contributed by atoms with Gasteiger partial charge < -0.3 is 16.0 Å². The van der Waals surface area contributed by atoms with E-state index in [1.165, 1.54) is 25.7 Å². The molecule has 0 bridgehead atoms. The fourth-order valence-corrected chi connectivity index (χ4v) is 2.03. The summed E-state index contributed by atoms with van der Waals surface area (Å²) in [6.45, 7) is 4.91. The third-order valence-corrected chi connectivity index (χ3v) is 3.20. The molecule has 0 atom stereocenters. The lowest BCUT2D eigenvalue weighted by Gasteiger charge is -2.12. The van der Waals surface area contributed by atoms with Gasteiger partial charge in [-0.25, -0.2) is 0 Å². The number of hydrogen-bond acceptors (Lipinski definition) is 5. The summed E-state index contributed by atoms with van der Waals surface area (Å²) in [5.41, 5.74) is 0.0314. The van der Waals surface area contributed by atoms with Crippen molar-refractivity contribution in [2.75, 3.05) is 37.3 Å². The van der Waals surface area contributed by atoms with E-state index in [-0.39, 0.29) is 0 Å². The molecule has 1 rings (SSSR count). The Hall–Kier alpha value is -1.36. The third-order valence-electron chi connectivity index (χ3n) is 3.20. The normalized spacial score (nSPS) is 10.8. The first-order valence-corrected chi connectivity index (χ1v) is 7.18. The van der Waals surface area contributed by atoms with Crippen LogP contribution in [0, 0.1) is 0 Å². The second-order valence-corrected chi connectivity index (χ2v) is 4.75. The summed E-state index contributed by atoms with van der Waals surface area (Å²) in [4.78, 5) is 22.4. The molecule has 0 aliphatic carbocycles. The summed E-state index contributed by atoms with van der Waals surface area (Å²) in [6, 6.07) is 0. The van der Waals surface area contributed by atoms with Gasteiger partial charge in [-0.2, -0.15) is 0 Å². The van der Waals surface area contributed by atoms with E-state index in [0.29, 0.717) is 17.9 Å². The molecule has 3 N–H and O–H groups in total. The molecule has 0 amide bonds. The van der Waals surface area contributed by atoms with Crippen molar-refractivity contribution in [1.82, 2.24) is 5.32 Å². The van der Waals surface area contributed by atoms with Gasteiger partial charge in [-0.15, -0.1) is 0 Å². The van der Waals surface area contributed by atoms with E-state index in [2.05, 4.69) is 22.9 Å². The van der Waals surface area contributed by atoms with E-state index in [0.717, 1.165) is 19.5 Å². The molecule has 5 heteroatoms. The van der Waals surface area contributed by atoms with Crippen LogP contribution in [-0.2, 0) is 0 Å². The molecule has 108 valence electrons. The second-order valence-electron chi connectivity index (χ2n) is 4.75. The van der Waals surface area contributed by atoms with Gasteiger partial charge in [-0.3, -0.25) is 9.59 Å². The molecule has 0 fully saturated rings. The Morgan fingerprint density at radius 1 is 0.842 bits per heavy atom. The summed E-state index contributed by atoms with van der Waals surface area (Å²) in [5.74, 6) is 0. The highest BCUT2D eigenvalue weighted by atomic mass is 16.2. The van der Waals surface area contributed by atoms with Gasteiger partial charge in [0.15, 0.2) is 0 Å². The Bertz CT molecular complexity index is 436. The topological polar surface area (TPSA) is 70.2 Å². The smallest absolute Gasteiger partial charge is 0.253 e. The van der Waals surface area contributed by atoms with Crippen LogP contribution in [-0.4, -0.2) is 26.7 Å². The summed E-state index contributed by atoms with van der Waals surface area (Å²) >= 11 is 0. The lowest BCUT2D eigenvalue weighted by molar-refractivity contribution is 0.590. The lowest BCUT2D eigenvalue weighted by atomic mass is 10.2. The third kappa shape index (κ3) is 4.67. The molecule has 1 aromatic rings. The fourth-order valence-electron chi connectivity index (χ4n) is 2.03. The monoisotopic (exact) mass is 267 g/mol. The Labute approximate surface area is 114 Å². The van der Waals surface area contributed by atoms with E-state index < -0.39 is 10.9 Å². The van der Waals surface area contributed by atoms with E-state index in [1.54, 1.807) is 7.05 Å². The van der Waals surface area contributed by atoms with Crippen LogP contribution >= 0.6 is 0 Å². The minimum absolute atomic E-state index is 0.406. The van der Waals surface area contributed by atoms with E-state index >= 15 is 0 Å². The average molecular weight is 267 g/mol. The highest BCUT2D eigenvalue weighted by Gasteiger charge is 2.18. The van der Waals surface area contributed by atoms with Crippen LogP contribution in [0.4, 0.5) is 11.4 Å². The van der Waals surface area contributed by atoms with Gasteiger partial charge in [0.25, 0.3) is 10.9 Å². The van der Waals surface area contributed by atoms with Crippen LogP contribution in [0.15, 0.2) is 9.59 Å². The number of nitrogens with one attached hydrogen (secondary N) is 3. The van der Waals surface area contributed by atoms with Crippen molar-refractivity contribution >= 4 is 11.4 Å². The maximum Gasteiger partial charge on any atom is 0.253 e. The van der Waals surface area contributed by atoms with Crippen molar-refractivity contribution in [3.8, 4) is 0 Å². The van der Waals surface area contributed by atoms with Crippen molar-refractivity contribution in [2.45, 2.75) is 39.0 Å². The molecule has 0 saturated carbocycles. The van der Waals surface area contributed by atoms with Crippen LogP contribution < -0.4 is 26.8 Å². The van der Waals surface area contributed by atoms with Crippen molar-refractivity contribution in [3.05, 3.63) is 20.4 Å². The first-order chi connectivity index (χ1) is 9.22. The van der Waals surface area contributed by atoms with Crippen LogP contribution in [0.25, 0.3) is 0 Å². The highest BCUT2D eigenvalue weighted by Crippen LogP contribution is 2.12.